The molecule has 2 fully saturated rings. The Morgan fingerprint density at radius 3 is 2.56 bits per heavy atom. The number of ether oxygens (including phenoxy) is 1. The predicted octanol–water partition coefficient (Wildman–Crippen LogP) is 1.79. The largest absolute Gasteiger partial charge is 0.391 e. The van der Waals surface area contributed by atoms with Gasteiger partial charge in [-0.05, 0) is 33.6 Å². The summed E-state index contributed by atoms with van der Waals surface area (Å²) in [5.74, 6) is 0. The second-order valence-corrected chi connectivity index (χ2v) is 6.04. The minimum atomic E-state index is -0.130. The van der Waals surface area contributed by atoms with E-state index < -0.39 is 0 Å². The zero-order valence-corrected chi connectivity index (χ0v) is 10.8. The molecular weight excluding hydrogens is 202 g/mol. The van der Waals surface area contributed by atoms with Crippen LogP contribution >= 0.6 is 0 Å². The van der Waals surface area contributed by atoms with Gasteiger partial charge in [0.2, 0.25) is 0 Å². The van der Waals surface area contributed by atoms with Crippen molar-refractivity contribution < 1.29 is 9.84 Å². The molecule has 1 saturated heterocycles. The molecule has 1 heterocycles. The Labute approximate surface area is 98.8 Å². The van der Waals surface area contributed by atoms with Crippen molar-refractivity contribution >= 4 is 0 Å². The lowest BCUT2D eigenvalue weighted by atomic mass is 9.89. The third kappa shape index (κ3) is 2.76. The maximum absolute atomic E-state index is 10.1. The summed E-state index contributed by atoms with van der Waals surface area (Å²) >= 11 is 0. The first-order chi connectivity index (χ1) is 7.48. The van der Waals surface area contributed by atoms with E-state index in [-0.39, 0.29) is 17.8 Å². The van der Waals surface area contributed by atoms with Crippen LogP contribution in [0.25, 0.3) is 0 Å². The van der Waals surface area contributed by atoms with Gasteiger partial charge in [0.25, 0.3) is 0 Å². The van der Waals surface area contributed by atoms with Crippen molar-refractivity contribution in [3.8, 4) is 0 Å². The number of aliphatic hydroxyl groups excluding tert-OH is 1. The van der Waals surface area contributed by atoms with Crippen LogP contribution in [-0.2, 0) is 4.74 Å². The third-order valence-electron chi connectivity index (χ3n) is 3.76. The van der Waals surface area contributed by atoms with E-state index >= 15 is 0 Å². The summed E-state index contributed by atoms with van der Waals surface area (Å²) < 4.78 is 5.91. The normalized spacial score (nSPS) is 40.9. The highest BCUT2D eigenvalue weighted by molar-refractivity contribution is 4.90. The molecule has 0 aromatic heterocycles. The Balaban J connectivity index is 2.02. The fourth-order valence-electron chi connectivity index (χ4n) is 3.27. The average Bonchev–Trinajstić information content (AvgIpc) is 2.15. The highest BCUT2D eigenvalue weighted by atomic mass is 16.5. The molecule has 0 amide bonds. The van der Waals surface area contributed by atoms with Gasteiger partial charge in [-0.3, -0.25) is 4.90 Å². The number of rotatable bonds is 1. The van der Waals surface area contributed by atoms with Crippen LogP contribution in [-0.4, -0.2) is 46.9 Å². The van der Waals surface area contributed by atoms with E-state index in [1.165, 1.54) is 12.8 Å². The van der Waals surface area contributed by atoms with Gasteiger partial charge >= 0.3 is 0 Å². The highest BCUT2D eigenvalue weighted by Crippen LogP contribution is 2.29. The molecule has 1 aliphatic heterocycles. The van der Waals surface area contributed by atoms with Gasteiger partial charge in [-0.2, -0.15) is 0 Å². The Kier molecular flexibility index (Phi) is 3.57. The third-order valence-corrected chi connectivity index (χ3v) is 3.76. The summed E-state index contributed by atoms with van der Waals surface area (Å²) in [7, 11) is 0. The topological polar surface area (TPSA) is 32.7 Å². The summed E-state index contributed by atoms with van der Waals surface area (Å²) in [5, 5.41) is 10.1. The number of aliphatic hydroxyl groups is 1. The Morgan fingerprint density at radius 1 is 1.25 bits per heavy atom. The van der Waals surface area contributed by atoms with Gasteiger partial charge in [0.15, 0.2) is 0 Å². The smallest absolute Gasteiger partial charge is 0.0757 e. The van der Waals surface area contributed by atoms with Gasteiger partial charge in [-0.15, -0.1) is 0 Å². The lowest BCUT2D eigenvalue weighted by molar-refractivity contribution is -0.150. The standard InChI is InChI=1S/C13H25NO2/c1-10-8-14(9-13(2,3)16-10)11-6-4-5-7-12(11)15/h10-12,15H,4-9H2,1-3H3/t10?,11-,12-/m0/s1. The molecule has 3 heteroatoms. The molecule has 1 aliphatic carbocycles. The molecule has 3 atom stereocenters. The molecule has 2 rings (SSSR count). The molecule has 3 nitrogen and oxygen atoms in total. The van der Waals surface area contributed by atoms with Gasteiger partial charge in [0.1, 0.15) is 0 Å². The maximum Gasteiger partial charge on any atom is 0.0757 e. The van der Waals surface area contributed by atoms with Crippen molar-refractivity contribution in [2.75, 3.05) is 13.1 Å². The molecule has 0 aromatic carbocycles. The zero-order valence-electron chi connectivity index (χ0n) is 10.8. The quantitative estimate of drug-likeness (QED) is 0.741. The predicted molar refractivity (Wildman–Crippen MR) is 64.5 cm³/mol. The molecule has 1 unspecified atom stereocenters. The van der Waals surface area contributed by atoms with Gasteiger partial charge in [-0.1, -0.05) is 12.8 Å². The van der Waals surface area contributed by atoms with E-state index in [2.05, 4.69) is 25.7 Å². The fourth-order valence-corrected chi connectivity index (χ4v) is 3.27. The second-order valence-electron chi connectivity index (χ2n) is 6.04. The summed E-state index contributed by atoms with van der Waals surface area (Å²) in [6.45, 7) is 8.32. The molecule has 0 radical (unpaired) electrons. The first-order valence-electron chi connectivity index (χ1n) is 6.58. The number of hydrogen-bond acceptors (Lipinski definition) is 3. The number of hydrogen-bond donors (Lipinski definition) is 1. The minimum Gasteiger partial charge on any atom is -0.391 e. The van der Waals surface area contributed by atoms with Gasteiger partial charge < -0.3 is 9.84 Å². The molecule has 0 bridgehead atoms. The molecule has 0 aromatic rings. The van der Waals surface area contributed by atoms with Crippen LogP contribution in [0.4, 0.5) is 0 Å². The van der Waals surface area contributed by atoms with Crippen LogP contribution < -0.4 is 0 Å². The fraction of sp³-hybridized carbons (Fsp3) is 1.00. The Bertz CT molecular complexity index is 242. The van der Waals surface area contributed by atoms with Crippen molar-refractivity contribution in [2.24, 2.45) is 0 Å². The second kappa shape index (κ2) is 4.63. The maximum atomic E-state index is 10.1. The SMILES string of the molecule is CC1CN([C@H]2CCCC[C@@H]2O)CC(C)(C)O1. The van der Waals surface area contributed by atoms with Crippen molar-refractivity contribution in [1.82, 2.24) is 4.90 Å². The lowest BCUT2D eigenvalue weighted by Gasteiger charge is -2.47. The molecule has 2 aliphatic rings. The van der Waals surface area contributed by atoms with Crippen LogP contribution in [0, 0.1) is 0 Å². The van der Waals surface area contributed by atoms with Crippen LogP contribution in [0.15, 0.2) is 0 Å². The molecule has 1 saturated carbocycles. The molecule has 94 valence electrons. The van der Waals surface area contributed by atoms with Crippen LogP contribution in [0.3, 0.4) is 0 Å². The first-order valence-corrected chi connectivity index (χ1v) is 6.58. The van der Waals surface area contributed by atoms with Crippen LogP contribution in [0.5, 0.6) is 0 Å². The summed E-state index contributed by atoms with van der Waals surface area (Å²) in [6, 6.07) is 0.361. The zero-order chi connectivity index (χ0) is 11.8. The lowest BCUT2D eigenvalue weighted by Crippen LogP contribution is -2.58. The minimum absolute atomic E-state index is 0.0746. The first kappa shape index (κ1) is 12.3. The summed E-state index contributed by atoms with van der Waals surface area (Å²) in [6.07, 6.45) is 4.70. The molecule has 1 N–H and O–H groups in total. The van der Waals surface area contributed by atoms with Gasteiger partial charge in [0, 0.05) is 19.1 Å². The molecule has 0 spiro atoms. The molecular formula is C13H25NO2. The van der Waals surface area contributed by atoms with E-state index in [9.17, 15) is 5.11 Å². The van der Waals surface area contributed by atoms with Crippen molar-refractivity contribution in [3.05, 3.63) is 0 Å². The van der Waals surface area contributed by atoms with Gasteiger partial charge in [0.05, 0.1) is 17.8 Å². The van der Waals surface area contributed by atoms with E-state index in [1.54, 1.807) is 0 Å². The van der Waals surface area contributed by atoms with Crippen LogP contribution in [0.1, 0.15) is 46.5 Å². The summed E-state index contributed by atoms with van der Waals surface area (Å²) in [4.78, 5) is 2.44. The Hall–Kier alpha value is -0.120. The molecule has 16 heavy (non-hydrogen) atoms. The summed E-state index contributed by atoms with van der Waals surface area (Å²) in [5.41, 5.74) is -0.0746. The van der Waals surface area contributed by atoms with Gasteiger partial charge in [-0.25, -0.2) is 0 Å². The van der Waals surface area contributed by atoms with Crippen LogP contribution in [0.2, 0.25) is 0 Å². The number of morpholine rings is 1. The van der Waals surface area contributed by atoms with Crippen molar-refractivity contribution in [3.63, 3.8) is 0 Å². The average molecular weight is 227 g/mol. The van der Waals surface area contributed by atoms with E-state index in [1.807, 2.05) is 0 Å². The van der Waals surface area contributed by atoms with Crippen molar-refractivity contribution in [2.45, 2.75) is 70.3 Å². The van der Waals surface area contributed by atoms with E-state index in [0.717, 1.165) is 25.9 Å². The van der Waals surface area contributed by atoms with E-state index in [4.69, 9.17) is 4.74 Å². The Morgan fingerprint density at radius 2 is 1.94 bits per heavy atom. The van der Waals surface area contributed by atoms with E-state index in [0.29, 0.717) is 6.04 Å². The highest BCUT2D eigenvalue weighted by Gasteiger charge is 2.37. The monoisotopic (exact) mass is 227 g/mol. The number of nitrogens with zero attached hydrogens (tertiary/aromatic N) is 1. The van der Waals surface area contributed by atoms with Crippen molar-refractivity contribution in [1.29, 1.82) is 0 Å².